The first kappa shape index (κ1) is 21.7. The van der Waals surface area contributed by atoms with Crippen molar-refractivity contribution in [3.63, 3.8) is 0 Å². The van der Waals surface area contributed by atoms with Gasteiger partial charge in [0, 0.05) is 17.2 Å². The maximum absolute atomic E-state index is 12.3. The molecule has 0 unspecified atom stereocenters. The van der Waals surface area contributed by atoms with Gasteiger partial charge in [-0.15, -0.1) is 0 Å². The average molecular weight is 618 g/mol. The van der Waals surface area contributed by atoms with Gasteiger partial charge in [0.2, 0.25) is 5.90 Å². The standard InChI is InChI=1S/C20H16I2N2O5/c1-3-6-28-18-14(21)7-12(8-15(18)22)9-16-20(25)29-19(23-16)13-5-4-11(2)17(10-13)24(26)27/h4-5,7-10H,3,6H2,1-2H3/b16-9-. The number of aryl methyl sites for hydroxylation is 1. The lowest BCUT2D eigenvalue weighted by atomic mass is 10.1. The van der Waals surface area contributed by atoms with E-state index < -0.39 is 10.9 Å². The molecule has 0 radical (unpaired) electrons. The summed E-state index contributed by atoms with van der Waals surface area (Å²) in [6.45, 7) is 4.32. The molecule has 7 nitrogen and oxygen atoms in total. The van der Waals surface area contributed by atoms with Gasteiger partial charge in [-0.2, -0.15) is 0 Å². The van der Waals surface area contributed by atoms with E-state index >= 15 is 0 Å². The lowest BCUT2D eigenvalue weighted by Crippen LogP contribution is -2.06. The van der Waals surface area contributed by atoms with E-state index in [1.807, 2.05) is 19.1 Å². The fourth-order valence-corrected chi connectivity index (χ4v) is 4.76. The van der Waals surface area contributed by atoms with Crippen LogP contribution in [0.1, 0.15) is 30.0 Å². The zero-order valence-electron chi connectivity index (χ0n) is 15.6. The highest BCUT2D eigenvalue weighted by Crippen LogP contribution is 2.31. The Hall–Kier alpha value is -2.02. The van der Waals surface area contributed by atoms with Gasteiger partial charge in [-0.05, 0) is 88.4 Å². The van der Waals surface area contributed by atoms with Crippen LogP contribution in [0.3, 0.4) is 0 Å². The Morgan fingerprint density at radius 3 is 2.55 bits per heavy atom. The van der Waals surface area contributed by atoms with Gasteiger partial charge in [-0.25, -0.2) is 9.79 Å². The average Bonchev–Trinajstić information content (AvgIpc) is 3.01. The molecule has 0 saturated heterocycles. The van der Waals surface area contributed by atoms with Crippen molar-refractivity contribution in [2.45, 2.75) is 20.3 Å². The Morgan fingerprint density at radius 1 is 1.24 bits per heavy atom. The summed E-state index contributed by atoms with van der Waals surface area (Å²) in [6, 6.07) is 8.40. The molecule has 0 bridgehead atoms. The minimum absolute atomic E-state index is 0.0505. The lowest BCUT2D eigenvalue weighted by molar-refractivity contribution is -0.385. The van der Waals surface area contributed by atoms with Gasteiger partial charge in [0.25, 0.3) is 5.69 Å². The highest BCUT2D eigenvalue weighted by molar-refractivity contribution is 14.1. The molecule has 150 valence electrons. The third kappa shape index (κ3) is 4.94. The summed E-state index contributed by atoms with van der Waals surface area (Å²) in [4.78, 5) is 27.2. The van der Waals surface area contributed by atoms with Crippen molar-refractivity contribution in [3.8, 4) is 5.75 Å². The number of nitro benzene ring substituents is 1. The van der Waals surface area contributed by atoms with Gasteiger partial charge >= 0.3 is 5.97 Å². The molecule has 0 aliphatic carbocycles. The van der Waals surface area contributed by atoms with Crippen LogP contribution >= 0.6 is 45.2 Å². The predicted octanol–water partition coefficient (Wildman–Crippen LogP) is 5.25. The number of rotatable bonds is 6. The molecule has 1 heterocycles. The Morgan fingerprint density at radius 2 is 1.93 bits per heavy atom. The van der Waals surface area contributed by atoms with Crippen LogP contribution in [-0.2, 0) is 9.53 Å². The highest BCUT2D eigenvalue weighted by atomic mass is 127. The fraction of sp³-hybridized carbons (Fsp3) is 0.200. The molecule has 0 spiro atoms. The minimum Gasteiger partial charge on any atom is -0.491 e. The van der Waals surface area contributed by atoms with Crippen LogP contribution in [0.4, 0.5) is 5.69 Å². The molecule has 0 fully saturated rings. The van der Waals surface area contributed by atoms with Crippen molar-refractivity contribution in [1.29, 1.82) is 0 Å². The van der Waals surface area contributed by atoms with Crippen LogP contribution in [-0.4, -0.2) is 23.4 Å². The van der Waals surface area contributed by atoms with Crippen molar-refractivity contribution >= 4 is 68.8 Å². The van der Waals surface area contributed by atoms with Crippen molar-refractivity contribution < 1.29 is 19.2 Å². The van der Waals surface area contributed by atoms with E-state index in [0.717, 1.165) is 24.9 Å². The van der Waals surface area contributed by atoms with Crippen LogP contribution in [0, 0.1) is 24.2 Å². The number of nitrogens with zero attached hydrogens (tertiary/aromatic N) is 2. The van der Waals surface area contributed by atoms with Crippen LogP contribution < -0.4 is 4.74 Å². The van der Waals surface area contributed by atoms with Crippen LogP contribution in [0.15, 0.2) is 41.0 Å². The second-order valence-electron chi connectivity index (χ2n) is 6.26. The molecule has 2 aromatic carbocycles. The van der Waals surface area contributed by atoms with Crippen molar-refractivity contribution in [3.05, 3.63) is 70.0 Å². The maximum atomic E-state index is 12.3. The highest BCUT2D eigenvalue weighted by Gasteiger charge is 2.26. The molecule has 0 N–H and O–H groups in total. The van der Waals surface area contributed by atoms with Gasteiger partial charge in [0.05, 0.1) is 18.7 Å². The summed E-state index contributed by atoms with van der Waals surface area (Å²) in [6.07, 6.45) is 2.55. The third-order valence-corrected chi connectivity index (χ3v) is 5.65. The van der Waals surface area contributed by atoms with E-state index in [1.165, 1.54) is 6.07 Å². The molecule has 29 heavy (non-hydrogen) atoms. The van der Waals surface area contributed by atoms with E-state index in [2.05, 4.69) is 50.2 Å². The molecular formula is C20H16I2N2O5. The van der Waals surface area contributed by atoms with E-state index in [4.69, 9.17) is 9.47 Å². The predicted molar refractivity (Wildman–Crippen MR) is 126 cm³/mol. The first-order valence-electron chi connectivity index (χ1n) is 8.70. The number of aliphatic imine (C=N–C) groups is 1. The molecule has 0 saturated carbocycles. The number of benzene rings is 2. The van der Waals surface area contributed by atoms with Gasteiger partial charge in [0.15, 0.2) is 5.70 Å². The Bertz CT molecular complexity index is 1040. The number of halogens is 2. The normalized spacial score (nSPS) is 14.7. The largest absolute Gasteiger partial charge is 0.491 e. The topological polar surface area (TPSA) is 91.0 Å². The van der Waals surface area contributed by atoms with Crippen LogP contribution in [0.5, 0.6) is 5.75 Å². The molecule has 0 atom stereocenters. The number of ether oxygens (including phenoxy) is 2. The van der Waals surface area contributed by atoms with Gasteiger partial charge in [-0.3, -0.25) is 10.1 Å². The maximum Gasteiger partial charge on any atom is 0.363 e. The summed E-state index contributed by atoms with van der Waals surface area (Å²) in [5.41, 5.74) is 1.78. The number of nitro groups is 1. The summed E-state index contributed by atoms with van der Waals surface area (Å²) < 4.78 is 12.9. The lowest BCUT2D eigenvalue weighted by Gasteiger charge is -2.10. The number of esters is 1. The fourth-order valence-electron chi connectivity index (χ4n) is 2.63. The van der Waals surface area contributed by atoms with Crippen molar-refractivity contribution in [1.82, 2.24) is 0 Å². The molecule has 9 heteroatoms. The third-order valence-electron chi connectivity index (χ3n) is 4.05. The summed E-state index contributed by atoms with van der Waals surface area (Å²) >= 11 is 4.39. The number of hydrogen-bond donors (Lipinski definition) is 0. The summed E-state index contributed by atoms with van der Waals surface area (Å²) in [7, 11) is 0. The van der Waals surface area contributed by atoms with E-state index in [9.17, 15) is 14.9 Å². The first-order chi connectivity index (χ1) is 13.8. The molecule has 0 aromatic heterocycles. The quantitative estimate of drug-likeness (QED) is 0.145. The molecule has 1 aliphatic rings. The van der Waals surface area contributed by atoms with Crippen molar-refractivity contribution in [2.24, 2.45) is 4.99 Å². The Balaban J connectivity index is 1.93. The summed E-state index contributed by atoms with van der Waals surface area (Å²) in [5.74, 6) is 0.275. The van der Waals surface area contributed by atoms with E-state index in [-0.39, 0.29) is 17.3 Å². The number of carbonyl (C=O) groups is 1. The SMILES string of the molecule is CCCOc1c(I)cc(/C=C2\N=C(c3ccc(C)c([N+](=O)[O-])c3)OC2=O)cc1I. The monoisotopic (exact) mass is 618 g/mol. The summed E-state index contributed by atoms with van der Waals surface area (Å²) in [5, 5.41) is 11.2. The van der Waals surface area contributed by atoms with Crippen molar-refractivity contribution in [2.75, 3.05) is 6.61 Å². The molecule has 2 aromatic rings. The first-order valence-corrected chi connectivity index (χ1v) is 10.9. The minimum atomic E-state index is -0.598. The zero-order chi connectivity index (χ0) is 21.1. The number of cyclic esters (lactones) is 1. The van der Waals surface area contributed by atoms with E-state index in [0.29, 0.717) is 17.7 Å². The molecule has 0 amide bonds. The number of hydrogen-bond acceptors (Lipinski definition) is 6. The Kier molecular flexibility index (Phi) is 6.88. The smallest absolute Gasteiger partial charge is 0.363 e. The van der Waals surface area contributed by atoms with Gasteiger partial charge in [-0.1, -0.05) is 13.0 Å². The molecule has 1 aliphatic heterocycles. The zero-order valence-corrected chi connectivity index (χ0v) is 19.9. The van der Waals surface area contributed by atoms with Gasteiger partial charge < -0.3 is 9.47 Å². The molecular weight excluding hydrogens is 602 g/mol. The van der Waals surface area contributed by atoms with E-state index in [1.54, 1.807) is 25.1 Å². The van der Waals surface area contributed by atoms with Crippen LogP contribution in [0.2, 0.25) is 0 Å². The van der Waals surface area contributed by atoms with Gasteiger partial charge in [0.1, 0.15) is 5.75 Å². The Labute approximate surface area is 194 Å². The molecule has 3 rings (SSSR count). The second-order valence-corrected chi connectivity index (χ2v) is 8.58. The second kappa shape index (κ2) is 9.20. The number of carbonyl (C=O) groups excluding carboxylic acids is 1. The van der Waals surface area contributed by atoms with Crippen LogP contribution in [0.25, 0.3) is 6.08 Å².